The number of anilines is 1. The molecule has 2 fully saturated rings. The number of ether oxygens (including phenoxy) is 1. The zero-order valence-corrected chi connectivity index (χ0v) is 13.2. The highest BCUT2D eigenvalue weighted by molar-refractivity contribution is 5.33. The van der Waals surface area contributed by atoms with Crippen LogP contribution in [0.25, 0.3) is 0 Å². The molecule has 0 aromatic carbocycles. The van der Waals surface area contributed by atoms with E-state index in [1.165, 1.54) is 0 Å². The highest BCUT2D eigenvalue weighted by Gasteiger charge is 2.56. The minimum Gasteiger partial charge on any atom is -0.392 e. The molecule has 2 atom stereocenters. The Morgan fingerprint density at radius 3 is 2.43 bits per heavy atom. The van der Waals surface area contributed by atoms with Gasteiger partial charge in [-0.15, -0.1) is 0 Å². The number of piperidine rings is 1. The lowest BCUT2D eigenvalue weighted by atomic mass is 9.58. The topological polar surface area (TPSA) is 58.5 Å². The smallest absolute Gasteiger partial charge is 0.225 e. The fourth-order valence-electron chi connectivity index (χ4n) is 3.79. The molecule has 3 rings (SSSR count). The quantitative estimate of drug-likeness (QED) is 0.921. The molecule has 0 unspecified atom stereocenters. The summed E-state index contributed by atoms with van der Waals surface area (Å²) in [5.74, 6) is 0.823. The second-order valence-corrected chi connectivity index (χ2v) is 6.37. The molecular formula is C16H25N3O2. The Balaban J connectivity index is 1.70. The van der Waals surface area contributed by atoms with Crippen molar-refractivity contribution in [2.45, 2.75) is 52.2 Å². The van der Waals surface area contributed by atoms with Gasteiger partial charge < -0.3 is 14.7 Å². The number of aromatic nitrogens is 2. The Morgan fingerprint density at radius 2 is 1.90 bits per heavy atom. The lowest BCUT2D eigenvalue weighted by Crippen LogP contribution is -2.62. The summed E-state index contributed by atoms with van der Waals surface area (Å²) in [5.41, 5.74) is 1.98. The Morgan fingerprint density at radius 1 is 1.29 bits per heavy atom. The van der Waals surface area contributed by atoms with Crippen LogP contribution in [0.1, 0.15) is 37.6 Å². The molecule has 1 aromatic heterocycles. The molecule has 21 heavy (non-hydrogen) atoms. The number of aryl methyl sites for hydroxylation is 2. The van der Waals surface area contributed by atoms with E-state index >= 15 is 0 Å². The fourth-order valence-corrected chi connectivity index (χ4v) is 3.79. The highest BCUT2D eigenvalue weighted by Crippen LogP contribution is 2.51. The molecule has 2 aliphatic rings. The van der Waals surface area contributed by atoms with Crippen LogP contribution in [-0.4, -0.2) is 47.0 Å². The maximum Gasteiger partial charge on any atom is 0.225 e. The van der Waals surface area contributed by atoms with Crippen molar-refractivity contribution in [2.24, 2.45) is 5.41 Å². The Bertz CT molecular complexity index is 490. The van der Waals surface area contributed by atoms with Crippen molar-refractivity contribution in [3.05, 3.63) is 17.5 Å². The van der Waals surface area contributed by atoms with E-state index < -0.39 is 0 Å². The summed E-state index contributed by atoms with van der Waals surface area (Å²) in [7, 11) is 0. The van der Waals surface area contributed by atoms with Crippen LogP contribution in [0.4, 0.5) is 5.95 Å². The van der Waals surface area contributed by atoms with Crippen molar-refractivity contribution >= 4 is 5.95 Å². The Labute approximate surface area is 126 Å². The first-order chi connectivity index (χ1) is 10.0. The second kappa shape index (κ2) is 5.54. The third-order valence-corrected chi connectivity index (χ3v) is 5.06. The Kier molecular flexibility index (Phi) is 3.88. The predicted molar refractivity (Wildman–Crippen MR) is 81.4 cm³/mol. The van der Waals surface area contributed by atoms with Gasteiger partial charge in [0.15, 0.2) is 0 Å². The lowest BCUT2D eigenvalue weighted by molar-refractivity contribution is -0.199. The third-order valence-electron chi connectivity index (χ3n) is 5.06. The summed E-state index contributed by atoms with van der Waals surface area (Å²) in [4.78, 5) is 11.3. The summed E-state index contributed by atoms with van der Waals surface area (Å²) in [5, 5.41) is 10.2. The summed E-state index contributed by atoms with van der Waals surface area (Å²) in [6, 6.07) is 2.00. The zero-order chi connectivity index (χ0) is 15.0. The van der Waals surface area contributed by atoms with Gasteiger partial charge >= 0.3 is 0 Å². The molecule has 1 saturated heterocycles. The van der Waals surface area contributed by atoms with Crippen molar-refractivity contribution in [1.82, 2.24) is 9.97 Å². The normalized spacial score (nSPS) is 27.7. The van der Waals surface area contributed by atoms with Crippen LogP contribution in [0.3, 0.4) is 0 Å². The standard InChI is InChI=1S/C16H25N3O2/c1-4-21-14-10-13(20)16(14)5-7-19(8-6-16)15-17-11(2)9-12(3)18-15/h9,13-14,20H,4-8,10H2,1-3H3/t13-,14+/m1/s1. The molecule has 1 spiro atoms. The van der Waals surface area contributed by atoms with Gasteiger partial charge in [-0.3, -0.25) is 0 Å². The largest absolute Gasteiger partial charge is 0.392 e. The van der Waals surface area contributed by atoms with Crippen molar-refractivity contribution in [1.29, 1.82) is 0 Å². The van der Waals surface area contributed by atoms with Crippen LogP contribution in [0.5, 0.6) is 0 Å². The number of aliphatic hydroxyl groups excluding tert-OH is 1. The SMILES string of the molecule is CCO[C@H]1C[C@@H](O)C12CCN(c1nc(C)cc(C)n1)CC2. The first kappa shape index (κ1) is 14.7. The summed E-state index contributed by atoms with van der Waals surface area (Å²) < 4.78 is 5.81. The van der Waals surface area contributed by atoms with Gasteiger partial charge in [0.1, 0.15) is 0 Å². The average molecular weight is 291 g/mol. The van der Waals surface area contributed by atoms with Crippen LogP contribution in [0.15, 0.2) is 6.07 Å². The van der Waals surface area contributed by atoms with Gasteiger partial charge in [-0.2, -0.15) is 0 Å². The Hall–Kier alpha value is -1.20. The van der Waals surface area contributed by atoms with Crippen LogP contribution >= 0.6 is 0 Å². The molecular weight excluding hydrogens is 266 g/mol. The maximum atomic E-state index is 10.2. The van der Waals surface area contributed by atoms with Gasteiger partial charge in [0.25, 0.3) is 0 Å². The molecule has 1 aromatic rings. The number of nitrogens with zero attached hydrogens (tertiary/aromatic N) is 3. The molecule has 5 heteroatoms. The molecule has 0 bridgehead atoms. The van der Waals surface area contributed by atoms with Crippen LogP contribution in [0, 0.1) is 19.3 Å². The molecule has 5 nitrogen and oxygen atoms in total. The van der Waals surface area contributed by atoms with Crippen molar-refractivity contribution in [3.8, 4) is 0 Å². The summed E-state index contributed by atoms with van der Waals surface area (Å²) >= 11 is 0. The molecule has 1 aliphatic carbocycles. The minimum absolute atomic E-state index is 0.0363. The second-order valence-electron chi connectivity index (χ2n) is 6.37. The van der Waals surface area contributed by atoms with Gasteiger partial charge in [0.05, 0.1) is 12.2 Å². The molecule has 116 valence electrons. The maximum absolute atomic E-state index is 10.2. The van der Waals surface area contributed by atoms with Crippen LogP contribution < -0.4 is 4.90 Å². The van der Waals surface area contributed by atoms with E-state index in [-0.39, 0.29) is 17.6 Å². The van der Waals surface area contributed by atoms with Gasteiger partial charge in [-0.05, 0) is 39.7 Å². The number of hydrogen-bond donors (Lipinski definition) is 1. The fraction of sp³-hybridized carbons (Fsp3) is 0.750. The van der Waals surface area contributed by atoms with Crippen molar-refractivity contribution in [2.75, 3.05) is 24.6 Å². The monoisotopic (exact) mass is 291 g/mol. The molecule has 2 heterocycles. The van der Waals surface area contributed by atoms with E-state index in [1.807, 2.05) is 26.8 Å². The summed E-state index contributed by atoms with van der Waals surface area (Å²) in [6.07, 6.45) is 2.70. The zero-order valence-electron chi connectivity index (χ0n) is 13.2. The molecule has 1 saturated carbocycles. The number of rotatable bonds is 3. The predicted octanol–water partition coefficient (Wildman–Crippen LogP) is 1.85. The van der Waals surface area contributed by atoms with Gasteiger partial charge in [0, 0.05) is 42.9 Å². The van der Waals surface area contributed by atoms with E-state index in [2.05, 4.69) is 14.9 Å². The lowest BCUT2D eigenvalue weighted by Gasteiger charge is -2.56. The van der Waals surface area contributed by atoms with Gasteiger partial charge in [-0.1, -0.05) is 0 Å². The van der Waals surface area contributed by atoms with E-state index in [1.54, 1.807) is 0 Å². The van der Waals surface area contributed by atoms with E-state index in [0.29, 0.717) is 0 Å². The van der Waals surface area contributed by atoms with Crippen LogP contribution in [0.2, 0.25) is 0 Å². The number of hydrogen-bond acceptors (Lipinski definition) is 5. The molecule has 0 radical (unpaired) electrons. The third kappa shape index (κ3) is 2.53. The van der Waals surface area contributed by atoms with E-state index in [4.69, 9.17) is 4.74 Å². The number of aliphatic hydroxyl groups is 1. The summed E-state index contributed by atoms with van der Waals surface area (Å²) in [6.45, 7) is 8.54. The first-order valence-electron chi connectivity index (χ1n) is 7.92. The molecule has 1 aliphatic heterocycles. The average Bonchev–Trinajstić information content (AvgIpc) is 2.46. The van der Waals surface area contributed by atoms with Crippen molar-refractivity contribution in [3.63, 3.8) is 0 Å². The van der Waals surface area contributed by atoms with E-state index in [9.17, 15) is 5.11 Å². The molecule has 1 N–H and O–H groups in total. The highest BCUT2D eigenvalue weighted by atomic mass is 16.5. The van der Waals surface area contributed by atoms with Gasteiger partial charge in [-0.25, -0.2) is 9.97 Å². The van der Waals surface area contributed by atoms with Gasteiger partial charge in [0.2, 0.25) is 5.95 Å². The minimum atomic E-state index is -0.212. The van der Waals surface area contributed by atoms with E-state index in [0.717, 1.165) is 56.3 Å². The van der Waals surface area contributed by atoms with Crippen LogP contribution in [-0.2, 0) is 4.74 Å². The molecule has 0 amide bonds. The first-order valence-corrected chi connectivity index (χ1v) is 7.92. The van der Waals surface area contributed by atoms with Crippen molar-refractivity contribution < 1.29 is 9.84 Å².